The number of methoxy groups -OCH3 is 1. The molecule has 1 amide bonds. The highest BCUT2D eigenvalue weighted by Gasteiger charge is 2.41. The quantitative estimate of drug-likeness (QED) is 0.305. The number of aliphatic hydroxyl groups is 1. The minimum Gasteiger partial charge on any atom is -0.469 e. The SMILES string of the molecule is COC(=O)CCN1CCN(C/C=C2\CN(C(c3ccccc3F)C(O)C3CC3)CCC2S)CC1=O. The van der Waals surface area contributed by atoms with Crippen molar-refractivity contribution in [1.82, 2.24) is 14.7 Å². The van der Waals surface area contributed by atoms with Crippen molar-refractivity contribution in [3.05, 3.63) is 47.3 Å². The zero-order valence-corrected chi connectivity index (χ0v) is 21.2. The smallest absolute Gasteiger partial charge is 0.307 e. The van der Waals surface area contributed by atoms with Crippen molar-refractivity contribution < 1.29 is 23.8 Å². The van der Waals surface area contributed by atoms with Crippen LogP contribution < -0.4 is 0 Å². The van der Waals surface area contributed by atoms with Crippen LogP contribution in [-0.4, -0.2) is 96.0 Å². The highest BCUT2D eigenvalue weighted by atomic mass is 32.1. The minimum atomic E-state index is -0.597. The summed E-state index contributed by atoms with van der Waals surface area (Å²) in [5.74, 6) is -0.355. The highest BCUT2D eigenvalue weighted by Crippen LogP contribution is 2.42. The summed E-state index contributed by atoms with van der Waals surface area (Å²) >= 11 is 4.79. The van der Waals surface area contributed by atoms with Gasteiger partial charge in [-0.1, -0.05) is 24.3 Å². The molecule has 3 unspecified atom stereocenters. The van der Waals surface area contributed by atoms with Crippen LogP contribution in [-0.2, 0) is 14.3 Å². The summed E-state index contributed by atoms with van der Waals surface area (Å²) in [4.78, 5) is 29.9. The van der Waals surface area contributed by atoms with Crippen LogP contribution in [0.4, 0.5) is 4.39 Å². The lowest BCUT2D eigenvalue weighted by Crippen LogP contribution is -2.51. The standard InChI is InChI=1S/C26H36FN3O4S/c1-34-24(32)10-13-29-15-14-28(17-23(29)31)11-8-19-16-30(12-9-22(19)35)25(26(33)18-6-7-18)20-4-2-3-5-21(20)27/h2-5,8,18,22,25-26,33,35H,6-7,9-17H2,1H3/b19-8+. The van der Waals surface area contributed by atoms with Gasteiger partial charge in [0.05, 0.1) is 32.2 Å². The van der Waals surface area contributed by atoms with Gasteiger partial charge in [-0.2, -0.15) is 12.6 Å². The number of carbonyl (C=O) groups is 2. The van der Waals surface area contributed by atoms with E-state index in [4.69, 9.17) is 12.6 Å². The number of hydrogen-bond donors (Lipinski definition) is 2. The van der Waals surface area contributed by atoms with E-state index in [1.807, 2.05) is 6.07 Å². The molecule has 0 bridgehead atoms. The number of aliphatic hydroxyl groups excluding tert-OH is 1. The zero-order valence-electron chi connectivity index (χ0n) is 20.3. The lowest BCUT2D eigenvalue weighted by Gasteiger charge is -2.41. The van der Waals surface area contributed by atoms with Gasteiger partial charge >= 0.3 is 5.97 Å². The van der Waals surface area contributed by atoms with Gasteiger partial charge in [0, 0.05) is 50.1 Å². The maximum absolute atomic E-state index is 14.8. The number of benzene rings is 1. The Balaban J connectivity index is 1.39. The number of ether oxygens (including phenoxy) is 1. The van der Waals surface area contributed by atoms with Crippen LogP contribution in [0.25, 0.3) is 0 Å². The van der Waals surface area contributed by atoms with E-state index in [9.17, 15) is 19.1 Å². The molecule has 1 aliphatic carbocycles. The number of piperidine rings is 1. The summed E-state index contributed by atoms with van der Waals surface area (Å²) in [6, 6.07) is 6.38. The number of esters is 1. The third-order valence-corrected chi connectivity index (χ3v) is 7.96. The van der Waals surface area contributed by atoms with Gasteiger partial charge in [-0.25, -0.2) is 4.39 Å². The molecular weight excluding hydrogens is 469 g/mol. The molecule has 9 heteroatoms. The first-order chi connectivity index (χ1) is 16.9. The minimum absolute atomic E-state index is 0.0124. The van der Waals surface area contributed by atoms with Crippen molar-refractivity contribution in [2.45, 2.75) is 43.1 Å². The number of thiol groups is 1. The van der Waals surface area contributed by atoms with E-state index in [-0.39, 0.29) is 41.3 Å². The van der Waals surface area contributed by atoms with Crippen LogP contribution in [0.15, 0.2) is 35.9 Å². The maximum atomic E-state index is 14.8. The zero-order chi connectivity index (χ0) is 24.9. The fourth-order valence-corrected chi connectivity index (χ4v) is 5.36. The van der Waals surface area contributed by atoms with Crippen LogP contribution in [0.5, 0.6) is 0 Å². The van der Waals surface area contributed by atoms with Crippen LogP contribution >= 0.6 is 12.6 Å². The molecule has 4 rings (SSSR count). The molecular formula is C26H36FN3O4S. The largest absolute Gasteiger partial charge is 0.469 e. The van der Waals surface area contributed by atoms with E-state index in [1.165, 1.54) is 13.2 Å². The fourth-order valence-electron chi connectivity index (χ4n) is 5.06. The van der Waals surface area contributed by atoms with Crippen molar-refractivity contribution in [3.8, 4) is 0 Å². The Bertz CT molecular complexity index is 941. The number of carbonyl (C=O) groups excluding carboxylic acids is 2. The van der Waals surface area contributed by atoms with Crippen LogP contribution in [0.2, 0.25) is 0 Å². The molecule has 3 atom stereocenters. The predicted octanol–water partition coefficient (Wildman–Crippen LogP) is 2.28. The first kappa shape index (κ1) is 26.1. The molecule has 1 saturated carbocycles. The normalized spacial score (nSPS) is 25.0. The van der Waals surface area contributed by atoms with Gasteiger partial charge in [-0.3, -0.25) is 19.4 Å². The molecule has 0 radical (unpaired) electrons. The molecule has 0 spiro atoms. The van der Waals surface area contributed by atoms with Crippen molar-refractivity contribution in [1.29, 1.82) is 0 Å². The van der Waals surface area contributed by atoms with E-state index in [2.05, 4.69) is 20.6 Å². The summed E-state index contributed by atoms with van der Waals surface area (Å²) in [6.45, 7) is 4.00. The number of likely N-dealkylation sites (tertiary alicyclic amines) is 1. The highest BCUT2D eigenvalue weighted by molar-refractivity contribution is 7.81. The Kier molecular flexibility index (Phi) is 8.86. The summed E-state index contributed by atoms with van der Waals surface area (Å²) in [5, 5.41) is 11.2. The second-order valence-corrected chi connectivity index (χ2v) is 10.4. The molecule has 0 aromatic heterocycles. The molecule has 1 N–H and O–H groups in total. The van der Waals surface area contributed by atoms with Gasteiger partial charge in [0.1, 0.15) is 5.82 Å². The average Bonchev–Trinajstić information content (AvgIpc) is 3.70. The number of hydrogen-bond acceptors (Lipinski definition) is 7. The number of piperazine rings is 1. The third kappa shape index (κ3) is 6.64. The van der Waals surface area contributed by atoms with E-state index in [0.29, 0.717) is 38.3 Å². The second-order valence-electron chi connectivity index (χ2n) is 9.79. The molecule has 3 fully saturated rings. The molecule has 2 heterocycles. The molecule has 192 valence electrons. The van der Waals surface area contributed by atoms with Gasteiger partial charge in [-0.05, 0) is 36.8 Å². The Morgan fingerprint density at radius 3 is 2.69 bits per heavy atom. The van der Waals surface area contributed by atoms with Crippen molar-refractivity contribution in [3.63, 3.8) is 0 Å². The molecule has 2 saturated heterocycles. The topological polar surface area (TPSA) is 73.3 Å². The van der Waals surface area contributed by atoms with Crippen molar-refractivity contribution >= 4 is 24.5 Å². The Morgan fingerprint density at radius 1 is 1.23 bits per heavy atom. The monoisotopic (exact) mass is 505 g/mol. The van der Waals surface area contributed by atoms with Crippen LogP contribution in [0.1, 0.15) is 37.3 Å². The molecule has 3 aliphatic rings. The predicted molar refractivity (Wildman–Crippen MR) is 135 cm³/mol. The number of halogens is 1. The van der Waals surface area contributed by atoms with E-state index >= 15 is 0 Å². The van der Waals surface area contributed by atoms with Crippen molar-refractivity contribution in [2.75, 3.05) is 52.9 Å². The van der Waals surface area contributed by atoms with Crippen LogP contribution in [0.3, 0.4) is 0 Å². The van der Waals surface area contributed by atoms with Crippen LogP contribution in [0, 0.1) is 11.7 Å². The Labute approximate surface area is 212 Å². The summed E-state index contributed by atoms with van der Waals surface area (Å²) in [5.41, 5.74) is 1.70. The van der Waals surface area contributed by atoms with Gasteiger partial charge in [-0.15, -0.1) is 0 Å². The molecule has 7 nitrogen and oxygen atoms in total. The number of rotatable bonds is 9. The van der Waals surface area contributed by atoms with Gasteiger partial charge < -0.3 is 14.7 Å². The van der Waals surface area contributed by atoms with E-state index in [0.717, 1.165) is 37.9 Å². The lowest BCUT2D eigenvalue weighted by atomic mass is 9.92. The molecule has 2 aliphatic heterocycles. The third-order valence-electron chi connectivity index (χ3n) is 7.37. The second kappa shape index (κ2) is 11.9. The first-order valence-electron chi connectivity index (χ1n) is 12.5. The van der Waals surface area contributed by atoms with Gasteiger partial charge in [0.15, 0.2) is 0 Å². The molecule has 1 aromatic rings. The summed E-state index contributed by atoms with van der Waals surface area (Å²) in [6.07, 6.45) is 4.54. The molecule has 35 heavy (non-hydrogen) atoms. The number of amides is 1. The van der Waals surface area contributed by atoms with E-state index in [1.54, 1.807) is 17.0 Å². The first-order valence-corrected chi connectivity index (χ1v) is 13.0. The van der Waals surface area contributed by atoms with Gasteiger partial charge in [0.2, 0.25) is 5.91 Å². The van der Waals surface area contributed by atoms with Gasteiger partial charge in [0.25, 0.3) is 0 Å². The lowest BCUT2D eigenvalue weighted by molar-refractivity contribution is -0.142. The molecule has 1 aromatic carbocycles. The Morgan fingerprint density at radius 2 is 2.00 bits per heavy atom. The van der Waals surface area contributed by atoms with E-state index < -0.39 is 6.10 Å². The average molecular weight is 506 g/mol. The number of nitrogens with zero attached hydrogens (tertiary/aromatic N) is 3. The Hall–Kier alpha value is -1.94. The maximum Gasteiger partial charge on any atom is 0.307 e. The summed E-state index contributed by atoms with van der Waals surface area (Å²) in [7, 11) is 1.35. The summed E-state index contributed by atoms with van der Waals surface area (Å²) < 4.78 is 19.4. The fraction of sp³-hybridized carbons (Fsp3) is 0.615. The van der Waals surface area contributed by atoms with Crippen molar-refractivity contribution in [2.24, 2.45) is 5.92 Å².